The number of halogens is 1. The zero-order valence-corrected chi connectivity index (χ0v) is 12.8. The molecule has 0 aliphatic rings. The van der Waals surface area contributed by atoms with Crippen molar-refractivity contribution in [1.29, 1.82) is 0 Å². The van der Waals surface area contributed by atoms with Crippen LogP contribution < -0.4 is 0 Å². The van der Waals surface area contributed by atoms with E-state index in [1.807, 2.05) is 57.1 Å². The Labute approximate surface area is 117 Å². The van der Waals surface area contributed by atoms with Gasteiger partial charge in [0.25, 0.3) is 0 Å². The van der Waals surface area contributed by atoms with Crippen molar-refractivity contribution < 1.29 is 9.90 Å². The summed E-state index contributed by atoms with van der Waals surface area (Å²) in [6, 6.07) is 7.74. The number of hydrogen-bond acceptors (Lipinski definition) is 2. The summed E-state index contributed by atoms with van der Waals surface area (Å²) in [5, 5.41) is 9.44. The SMILES string of the molecule is CC(C)C(C(=O)O)C(c1ccc(Br)cc1)N(C)C. The number of nitrogens with zero attached hydrogens (tertiary/aromatic N) is 1. The van der Waals surface area contributed by atoms with E-state index in [1.165, 1.54) is 0 Å². The Morgan fingerprint density at radius 3 is 2.06 bits per heavy atom. The van der Waals surface area contributed by atoms with Gasteiger partial charge in [0.2, 0.25) is 0 Å². The van der Waals surface area contributed by atoms with E-state index >= 15 is 0 Å². The maximum atomic E-state index is 11.5. The molecule has 18 heavy (non-hydrogen) atoms. The lowest BCUT2D eigenvalue weighted by Gasteiger charge is -2.32. The molecular formula is C14H20BrNO2. The Kier molecular flexibility index (Phi) is 5.35. The summed E-state index contributed by atoms with van der Waals surface area (Å²) >= 11 is 3.40. The fraction of sp³-hybridized carbons (Fsp3) is 0.500. The number of benzene rings is 1. The van der Waals surface area contributed by atoms with Gasteiger partial charge in [-0.3, -0.25) is 4.79 Å². The Morgan fingerprint density at radius 2 is 1.72 bits per heavy atom. The van der Waals surface area contributed by atoms with E-state index in [0.717, 1.165) is 10.0 Å². The molecule has 0 heterocycles. The largest absolute Gasteiger partial charge is 0.481 e. The monoisotopic (exact) mass is 313 g/mol. The van der Waals surface area contributed by atoms with Crippen LogP contribution in [0.5, 0.6) is 0 Å². The maximum absolute atomic E-state index is 11.5. The molecule has 0 aliphatic carbocycles. The third-order valence-electron chi connectivity index (χ3n) is 3.11. The molecule has 2 atom stereocenters. The fourth-order valence-electron chi connectivity index (χ4n) is 2.27. The molecule has 0 amide bonds. The summed E-state index contributed by atoms with van der Waals surface area (Å²) in [7, 11) is 3.84. The molecule has 0 fully saturated rings. The minimum absolute atomic E-state index is 0.0820. The molecule has 2 unspecified atom stereocenters. The van der Waals surface area contributed by atoms with Crippen molar-refractivity contribution in [3.8, 4) is 0 Å². The van der Waals surface area contributed by atoms with Crippen molar-refractivity contribution >= 4 is 21.9 Å². The van der Waals surface area contributed by atoms with Gasteiger partial charge in [0, 0.05) is 10.5 Å². The van der Waals surface area contributed by atoms with Crippen molar-refractivity contribution in [2.75, 3.05) is 14.1 Å². The van der Waals surface area contributed by atoms with Crippen molar-refractivity contribution in [2.24, 2.45) is 11.8 Å². The normalized spacial score (nSPS) is 14.8. The van der Waals surface area contributed by atoms with Crippen LogP contribution in [0, 0.1) is 11.8 Å². The molecule has 0 aromatic heterocycles. The highest BCUT2D eigenvalue weighted by molar-refractivity contribution is 9.10. The summed E-state index contributed by atoms with van der Waals surface area (Å²) in [5.74, 6) is -1.08. The number of carboxylic acid groups (broad SMARTS) is 1. The first-order valence-electron chi connectivity index (χ1n) is 5.99. The smallest absolute Gasteiger partial charge is 0.308 e. The minimum Gasteiger partial charge on any atom is -0.481 e. The molecule has 1 N–H and O–H groups in total. The zero-order valence-electron chi connectivity index (χ0n) is 11.2. The van der Waals surface area contributed by atoms with Gasteiger partial charge in [0.05, 0.1) is 5.92 Å². The lowest BCUT2D eigenvalue weighted by atomic mass is 9.84. The number of aliphatic carboxylic acids is 1. The van der Waals surface area contributed by atoms with E-state index in [9.17, 15) is 9.90 Å². The second-order valence-electron chi connectivity index (χ2n) is 5.07. The quantitative estimate of drug-likeness (QED) is 0.905. The van der Waals surface area contributed by atoms with Gasteiger partial charge in [-0.05, 0) is 37.7 Å². The second kappa shape index (κ2) is 6.34. The van der Waals surface area contributed by atoms with Crippen LogP contribution >= 0.6 is 15.9 Å². The summed E-state index contributed by atoms with van der Waals surface area (Å²) in [4.78, 5) is 13.5. The molecule has 1 rings (SSSR count). The molecule has 3 nitrogen and oxygen atoms in total. The standard InChI is InChI=1S/C14H20BrNO2/c1-9(2)12(14(17)18)13(16(3)4)10-5-7-11(15)8-6-10/h5-9,12-13H,1-4H3,(H,17,18). The molecule has 0 spiro atoms. The van der Waals surface area contributed by atoms with Crippen molar-refractivity contribution in [2.45, 2.75) is 19.9 Å². The molecule has 0 saturated carbocycles. The zero-order chi connectivity index (χ0) is 13.9. The number of carboxylic acids is 1. The average molecular weight is 314 g/mol. The molecule has 0 aliphatic heterocycles. The molecular weight excluding hydrogens is 294 g/mol. The molecule has 0 radical (unpaired) electrons. The van der Waals surface area contributed by atoms with Crippen LogP contribution in [0.2, 0.25) is 0 Å². The van der Waals surface area contributed by atoms with Gasteiger partial charge < -0.3 is 10.0 Å². The van der Waals surface area contributed by atoms with Gasteiger partial charge in [0.15, 0.2) is 0 Å². The molecule has 0 bridgehead atoms. The lowest BCUT2D eigenvalue weighted by Crippen LogP contribution is -2.35. The Bertz CT molecular complexity index is 401. The first-order valence-corrected chi connectivity index (χ1v) is 6.78. The average Bonchev–Trinajstić information content (AvgIpc) is 2.25. The lowest BCUT2D eigenvalue weighted by molar-refractivity contribution is -0.146. The molecule has 1 aromatic carbocycles. The number of rotatable bonds is 5. The Morgan fingerprint density at radius 1 is 1.22 bits per heavy atom. The predicted molar refractivity (Wildman–Crippen MR) is 76.5 cm³/mol. The van der Waals surface area contributed by atoms with Crippen LogP contribution in [0.1, 0.15) is 25.5 Å². The fourth-order valence-corrected chi connectivity index (χ4v) is 2.54. The summed E-state index contributed by atoms with van der Waals surface area (Å²) in [6.07, 6.45) is 0. The topological polar surface area (TPSA) is 40.5 Å². The first kappa shape index (κ1) is 15.2. The van der Waals surface area contributed by atoms with Crippen LogP contribution in [0.4, 0.5) is 0 Å². The van der Waals surface area contributed by atoms with Crippen molar-refractivity contribution in [1.82, 2.24) is 4.90 Å². The summed E-state index contributed by atoms with van der Waals surface area (Å²) in [5.41, 5.74) is 1.03. The third-order valence-corrected chi connectivity index (χ3v) is 3.64. The van der Waals surface area contributed by atoms with E-state index in [1.54, 1.807) is 0 Å². The summed E-state index contributed by atoms with van der Waals surface area (Å²) in [6.45, 7) is 3.91. The third kappa shape index (κ3) is 3.56. The molecule has 100 valence electrons. The number of carbonyl (C=O) groups is 1. The van der Waals surface area contributed by atoms with Gasteiger partial charge in [-0.15, -0.1) is 0 Å². The maximum Gasteiger partial charge on any atom is 0.308 e. The van der Waals surface area contributed by atoms with Gasteiger partial charge in [-0.25, -0.2) is 0 Å². The van der Waals surface area contributed by atoms with Crippen LogP contribution in [0.15, 0.2) is 28.7 Å². The highest BCUT2D eigenvalue weighted by Gasteiger charge is 2.33. The van der Waals surface area contributed by atoms with E-state index in [0.29, 0.717) is 0 Å². The molecule has 4 heteroatoms. The van der Waals surface area contributed by atoms with Crippen LogP contribution in [0.25, 0.3) is 0 Å². The van der Waals surface area contributed by atoms with E-state index in [4.69, 9.17) is 0 Å². The highest BCUT2D eigenvalue weighted by atomic mass is 79.9. The van der Waals surface area contributed by atoms with Crippen LogP contribution in [0.3, 0.4) is 0 Å². The van der Waals surface area contributed by atoms with Gasteiger partial charge in [-0.1, -0.05) is 41.9 Å². The van der Waals surface area contributed by atoms with Gasteiger partial charge in [0.1, 0.15) is 0 Å². The van der Waals surface area contributed by atoms with Crippen molar-refractivity contribution in [3.05, 3.63) is 34.3 Å². The van der Waals surface area contributed by atoms with Gasteiger partial charge >= 0.3 is 5.97 Å². The van der Waals surface area contributed by atoms with E-state index in [2.05, 4.69) is 15.9 Å². The number of hydrogen-bond donors (Lipinski definition) is 1. The van der Waals surface area contributed by atoms with E-state index < -0.39 is 11.9 Å². The summed E-state index contributed by atoms with van der Waals surface area (Å²) < 4.78 is 1.00. The van der Waals surface area contributed by atoms with Crippen molar-refractivity contribution in [3.63, 3.8) is 0 Å². The van der Waals surface area contributed by atoms with Crippen LogP contribution in [-0.4, -0.2) is 30.1 Å². The molecule has 0 saturated heterocycles. The van der Waals surface area contributed by atoms with E-state index in [-0.39, 0.29) is 12.0 Å². The predicted octanol–water partition coefficient (Wildman–Crippen LogP) is 3.41. The Hall–Kier alpha value is -0.870. The first-order chi connectivity index (χ1) is 8.34. The second-order valence-corrected chi connectivity index (χ2v) is 5.98. The highest BCUT2D eigenvalue weighted by Crippen LogP contribution is 2.32. The Balaban J connectivity index is 3.16. The van der Waals surface area contributed by atoms with Gasteiger partial charge in [-0.2, -0.15) is 0 Å². The minimum atomic E-state index is -0.744. The molecule has 1 aromatic rings. The van der Waals surface area contributed by atoms with Crippen LogP contribution in [-0.2, 0) is 4.79 Å².